The van der Waals surface area contributed by atoms with Crippen molar-refractivity contribution in [2.75, 3.05) is 33.0 Å². The average Bonchev–Trinajstić information content (AvgIpc) is 2.94. The molecule has 0 aliphatic heterocycles. The summed E-state index contributed by atoms with van der Waals surface area (Å²) in [6.45, 7) is 15.2. The highest BCUT2D eigenvalue weighted by molar-refractivity contribution is 5.88. The van der Waals surface area contributed by atoms with Crippen molar-refractivity contribution < 1.29 is 52.8 Å². The van der Waals surface area contributed by atoms with Crippen LogP contribution in [0.15, 0.2) is 36.5 Å². The van der Waals surface area contributed by atoms with Gasteiger partial charge in [-0.3, -0.25) is 0 Å². The molecule has 0 saturated heterocycles. The smallest absolute Gasteiger partial charge is 0.404 e. The van der Waals surface area contributed by atoms with Crippen LogP contribution in [-0.2, 0) is 42.9 Å². The number of rotatable bonds is 11. The number of ether oxygens (including phenoxy) is 4. The largest absolute Gasteiger partial charge is 0.461 e. The molecule has 0 heterocycles. The first-order chi connectivity index (χ1) is 19.6. The molecular weight excluding hydrogens is 554 g/mol. The van der Waals surface area contributed by atoms with Gasteiger partial charge in [0.05, 0.1) is 18.6 Å². The molecule has 238 valence electrons. The number of carbonyl (C=O) groups excluding carboxylic acids is 6. The minimum absolute atomic E-state index is 0.166. The van der Waals surface area contributed by atoms with Crippen molar-refractivity contribution in [1.29, 1.82) is 10.8 Å². The number of carbonyl (C=O) groups is 4. The van der Waals surface area contributed by atoms with Crippen LogP contribution in [0.25, 0.3) is 0 Å². The number of nitrogens with one attached hydrogen (secondary N) is 2. The summed E-state index contributed by atoms with van der Waals surface area (Å²) in [5, 5.41) is 20.5. The van der Waals surface area contributed by atoms with Crippen molar-refractivity contribution in [3.63, 3.8) is 0 Å². The molecule has 1 saturated carbocycles. The number of aliphatic hydroxyl groups is 1. The predicted molar refractivity (Wildman–Crippen MR) is 153 cm³/mol. The monoisotopic (exact) mass is 599 g/mol. The maximum absolute atomic E-state index is 11.6. The van der Waals surface area contributed by atoms with E-state index in [1.807, 2.05) is 0 Å². The van der Waals surface area contributed by atoms with Crippen LogP contribution in [0, 0.1) is 16.2 Å². The summed E-state index contributed by atoms with van der Waals surface area (Å²) < 4.78 is 19.2. The van der Waals surface area contributed by atoms with Gasteiger partial charge in [0.1, 0.15) is 19.8 Å². The van der Waals surface area contributed by atoms with E-state index in [1.165, 1.54) is 59.3 Å². The highest BCUT2D eigenvalue weighted by Gasteiger charge is 2.35. The highest BCUT2D eigenvalue weighted by atomic mass is 16.6. The van der Waals surface area contributed by atoms with Crippen molar-refractivity contribution in [2.24, 2.45) is 11.1 Å². The Morgan fingerprint density at radius 3 is 1.07 bits per heavy atom. The predicted octanol–water partition coefficient (Wildman–Crippen LogP) is 3.57. The summed E-state index contributed by atoms with van der Waals surface area (Å²) in [6, 6.07) is 0. The molecule has 5 N–H and O–H groups in total. The van der Waals surface area contributed by atoms with E-state index in [-0.39, 0.29) is 36.5 Å². The number of hydrogen-bond acceptors (Lipinski definition) is 13. The molecule has 14 nitrogen and oxygen atoms in total. The summed E-state index contributed by atoms with van der Waals surface area (Å²) in [6.07, 6.45) is 9.79. The van der Waals surface area contributed by atoms with E-state index in [2.05, 4.69) is 30.2 Å². The molecule has 14 heteroatoms. The molecule has 0 aromatic heterocycles. The van der Waals surface area contributed by atoms with Crippen LogP contribution in [0.1, 0.15) is 66.2 Å². The van der Waals surface area contributed by atoms with Gasteiger partial charge in [-0.2, -0.15) is 0 Å². The van der Waals surface area contributed by atoms with Crippen LogP contribution in [0.2, 0.25) is 0 Å². The lowest BCUT2D eigenvalue weighted by Gasteiger charge is -2.30. The van der Waals surface area contributed by atoms with Gasteiger partial charge >= 0.3 is 24.0 Å². The van der Waals surface area contributed by atoms with Crippen LogP contribution in [0.3, 0.4) is 0 Å². The van der Waals surface area contributed by atoms with Crippen LogP contribution >= 0.6 is 0 Å². The Hall–Kier alpha value is -4.38. The second-order valence-electron chi connectivity index (χ2n) is 8.80. The molecule has 0 spiro atoms. The van der Waals surface area contributed by atoms with Crippen molar-refractivity contribution in [2.45, 2.75) is 66.2 Å². The molecule has 0 radical (unpaired) electrons. The van der Waals surface area contributed by atoms with Crippen LogP contribution in [0.5, 0.6) is 0 Å². The number of hydrogen-bond donors (Lipinski definition) is 4. The fourth-order valence-corrected chi connectivity index (χ4v) is 2.49. The molecule has 0 bridgehead atoms. The van der Waals surface area contributed by atoms with Gasteiger partial charge in [0.2, 0.25) is 12.2 Å². The Labute approximate surface area is 246 Å². The first kappa shape index (κ1) is 44.6. The SMILES string of the molecule is C1CCCCC1.C=C(C)C(=O)OCC(CO)(COC(=O)C(=C)C)COC(=O)C(=C)C.CCOC(N)=O.N=C=O.N=C=O. The van der Waals surface area contributed by atoms with E-state index in [0.717, 1.165) is 12.2 Å². The Bertz CT molecular complexity index is 832. The first-order valence-corrected chi connectivity index (χ1v) is 12.7. The van der Waals surface area contributed by atoms with E-state index in [9.17, 15) is 24.3 Å². The number of primary amides is 1. The Balaban J connectivity index is -0.000000320. The van der Waals surface area contributed by atoms with Gasteiger partial charge in [-0.15, -0.1) is 0 Å². The van der Waals surface area contributed by atoms with Crippen LogP contribution < -0.4 is 5.73 Å². The Morgan fingerprint density at radius 2 is 0.952 bits per heavy atom. The van der Waals surface area contributed by atoms with E-state index < -0.39 is 36.0 Å². The maximum Gasteiger partial charge on any atom is 0.404 e. The van der Waals surface area contributed by atoms with Crippen molar-refractivity contribution in [3.8, 4) is 0 Å². The van der Waals surface area contributed by atoms with Crippen molar-refractivity contribution in [3.05, 3.63) is 36.5 Å². The fourth-order valence-electron chi connectivity index (χ4n) is 2.49. The molecule has 1 amide bonds. The van der Waals surface area contributed by atoms with Gasteiger partial charge in [0.25, 0.3) is 0 Å². The van der Waals surface area contributed by atoms with Crippen molar-refractivity contribution in [1.82, 2.24) is 0 Å². The number of esters is 3. The van der Waals surface area contributed by atoms with Crippen LogP contribution in [-0.4, -0.2) is 74.3 Å². The average molecular weight is 600 g/mol. The number of isocyanates is 2. The van der Waals surface area contributed by atoms with Gasteiger partial charge in [-0.25, -0.2) is 39.6 Å². The second-order valence-corrected chi connectivity index (χ2v) is 8.80. The molecule has 1 fully saturated rings. The molecule has 1 aliphatic rings. The molecule has 0 unspecified atom stereocenters. The van der Waals surface area contributed by atoms with Crippen LogP contribution in [0.4, 0.5) is 4.79 Å². The lowest BCUT2D eigenvalue weighted by atomic mass is 9.92. The van der Waals surface area contributed by atoms with Gasteiger partial charge in [0, 0.05) is 16.7 Å². The fraction of sp³-hybridized carbons (Fsp3) is 0.571. The van der Waals surface area contributed by atoms with Crippen molar-refractivity contribution >= 4 is 36.2 Å². The van der Waals surface area contributed by atoms with E-state index in [4.69, 9.17) is 34.6 Å². The minimum atomic E-state index is -1.30. The summed E-state index contributed by atoms with van der Waals surface area (Å²) in [7, 11) is 0. The first-order valence-electron chi connectivity index (χ1n) is 12.7. The zero-order valence-corrected chi connectivity index (χ0v) is 25.0. The summed E-state index contributed by atoms with van der Waals surface area (Å²) in [5.41, 5.74) is 3.74. The topological polar surface area (TPSA) is 233 Å². The Morgan fingerprint density at radius 1 is 0.714 bits per heavy atom. The summed E-state index contributed by atoms with van der Waals surface area (Å²) in [5.74, 6) is -2.03. The number of aliphatic hydroxyl groups excluding tert-OH is 1. The summed E-state index contributed by atoms with van der Waals surface area (Å²) >= 11 is 0. The number of amides is 1. The lowest BCUT2D eigenvalue weighted by Crippen LogP contribution is -2.42. The standard InChI is InChI=1S/C17H24O7.C6H12.C3H7NO2.2CHNO/c1-11(2)14(19)22-8-17(7-18,9-23-15(20)12(3)4)10-24-16(21)13(5)6;1-2-4-6-5-3-1;1-2-6-3(4)5;2*2-1-3/h18H,1,3,5,7-10H2,2,4,6H3;1-6H2;2H2,1H3,(H2,4,5);2*2H. The second kappa shape index (κ2) is 29.6. The molecular formula is C28H45N3O11. The minimum Gasteiger partial charge on any atom is -0.461 e. The van der Waals surface area contributed by atoms with Gasteiger partial charge in [-0.1, -0.05) is 58.3 Å². The van der Waals surface area contributed by atoms with E-state index in [0.29, 0.717) is 6.61 Å². The number of nitrogens with two attached hydrogens (primary N) is 1. The van der Waals surface area contributed by atoms with E-state index in [1.54, 1.807) is 6.92 Å². The van der Waals surface area contributed by atoms with Gasteiger partial charge in [0.15, 0.2) is 0 Å². The molecule has 0 aromatic carbocycles. The molecule has 42 heavy (non-hydrogen) atoms. The summed E-state index contributed by atoms with van der Waals surface area (Å²) in [4.78, 5) is 60.9. The molecule has 1 rings (SSSR count). The van der Waals surface area contributed by atoms with Gasteiger partial charge in [-0.05, 0) is 27.7 Å². The third kappa shape index (κ3) is 30.2. The van der Waals surface area contributed by atoms with E-state index >= 15 is 0 Å². The third-order valence-electron chi connectivity index (χ3n) is 4.70. The van der Waals surface area contributed by atoms with Gasteiger partial charge < -0.3 is 29.8 Å². The molecule has 0 aromatic rings. The zero-order chi connectivity index (χ0) is 33.6. The Kier molecular flexibility index (Phi) is 31.5. The lowest BCUT2D eigenvalue weighted by molar-refractivity contribution is -0.160. The highest BCUT2D eigenvalue weighted by Crippen LogP contribution is 2.21. The third-order valence-corrected chi connectivity index (χ3v) is 4.70. The zero-order valence-electron chi connectivity index (χ0n) is 25.0. The molecule has 0 atom stereocenters. The molecule has 1 aliphatic carbocycles. The quantitative estimate of drug-likeness (QED) is 0.0880. The normalized spacial score (nSPS) is 10.9. The maximum atomic E-state index is 11.6.